The third-order valence-electron chi connectivity index (χ3n) is 3.43. The van der Waals surface area contributed by atoms with Crippen molar-refractivity contribution < 1.29 is 14.3 Å². The quantitative estimate of drug-likeness (QED) is 0.875. The number of carboxylic acid groups (broad SMARTS) is 1. The van der Waals surface area contributed by atoms with Gasteiger partial charge in [0.25, 0.3) is 0 Å². The minimum absolute atomic E-state index is 0.0937. The molecule has 0 amide bonds. The highest BCUT2D eigenvalue weighted by Gasteiger charge is 2.29. The van der Waals surface area contributed by atoms with Gasteiger partial charge in [0, 0.05) is 18.8 Å². The van der Waals surface area contributed by atoms with E-state index in [0.717, 1.165) is 17.9 Å². The van der Waals surface area contributed by atoms with Gasteiger partial charge in [-0.05, 0) is 42.7 Å². The maximum Gasteiger partial charge on any atom is 0.354 e. The fourth-order valence-electron chi connectivity index (χ4n) is 2.28. The van der Waals surface area contributed by atoms with Gasteiger partial charge in [0.05, 0.1) is 12.8 Å². The topological polar surface area (TPSA) is 66.6 Å². The normalized spacial score (nSPS) is 14.7. The first kappa shape index (κ1) is 12.9. The van der Waals surface area contributed by atoms with Crippen LogP contribution < -0.4 is 0 Å². The van der Waals surface area contributed by atoms with E-state index in [1.807, 2.05) is 18.2 Å². The molecule has 0 aliphatic heterocycles. The number of hydrogen-bond donors (Lipinski definition) is 1. The zero-order chi connectivity index (χ0) is 13.9. The van der Waals surface area contributed by atoms with Gasteiger partial charge in [0.1, 0.15) is 11.5 Å². The number of carbonyl (C=O) groups is 1. The van der Waals surface area contributed by atoms with Crippen LogP contribution in [0.4, 0.5) is 0 Å². The zero-order valence-electron chi connectivity index (χ0n) is 11.0. The zero-order valence-corrected chi connectivity index (χ0v) is 11.0. The van der Waals surface area contributed by atoms with Gasteiger partial charge in [-0.25, -0.2) is 9.78 Å². The van der Waals surface area contributed by atoms with E-state index in [2.05, 4.69) is 9.88 Å². The molecule has 3 rings (SSSR count). The van der Waals surface area contributed by atoms with Crippen LogP contribution in [-0.4, -0.2) is 27.0 Å². The molecule has 1 fully saturated rings. The Kier molecular flexibility index (Phi) is 3.52. The summed E-state index contributed by atoms with van der Waals surface area (Å²) in [5.41, 5.74) is 1.06. The number of aromatic nitrogens is 1. The lowest BCUT2D eigenvalue weighted by atomic mass is 10.2. The Morgan fingerprint density at radius 1 is 1.40 bits per heavy atom. The first-order chi connectivity index (χ1) is 9.72. The van der Waals surface area contributed by atoms with Gasteiger partial charge in [0.2, 0.25) is 0 Å². The van der Waals surface area contributed by atoms with E-state index >= 15 is 0 Å². The molecule has 0 atom stereocenters. The summed E-state index contributed by atoms with van der Waals surface area (Å²) in [5, 5.41) is 8.98. The van der Waals surface area contributed by atoms with Gasteiger partial charge in [0.15, 0.2) is 0 Å². The molecule has 1 N–H and O–H groups in total. The summed E-state index contributed by atoms with van der Waals surface area (Å²) in [6.07, 6.45) is 5.61. The lowest BCUT2D eigenvalue weighted by molar-refractivity contribution is 0.0690. The molecule has 1 aliphatic rings. The molecule has 0 radical (unpaired) electrons. The molecule has 2 aromatic rings. The summed E-state index contributed by atoms with van der Waals surface area (Å²) in [4.78, 5) is 17.1. The third-order valence-corrected chi connectivity index (χ3v) is 3.43. The van der Waals surface area contributed by atoms with E-state index in [1.165, 1.54) is 12.8 Å². The molecule has 0 unspecified atom stereocenters. The maximum atomic E-state index is 11.0. The van der Waals surface area contributed by atoms with Gasteiger partial charge in [-0.15, -0.1) is 0 Å². The largest absolute Gasteiger partial charge is 0.477 e. The fraction of sp³-hybridized carbons (Fsp3) is 0.333. The number of nitrogens with zero attached hydrogens (tertiary/aromatic N) is 2. The number of aromatic carboxylic acids is 1. The van der Waals surface area contributed by atoms with Crippen molar-refractivity contribution in [1.82, 2.24) is 9.88 Å². The lowest BCUT2D eigenvalue weighted by Gasteiger charge is -2.20. The summed E-state index contributed by atoms with van der Waals surface area (Å²) < 4.78 is 5.39. The van der Waals surface area contributed by atoms with E-state index in [4.69, 9.17) is 9.52 Å². The number of furan rings is 1. The van der Waals surface area contributed by atoms with Gasteiger partial charge in [-0.2, -0.15) is 0 Å². The molecule has 0 saturated heterocycles. The van der Waals surface area contributed by atoms with Crippen molar-refractivity contribution in [3.8, 4) is 0 Å². The van der Waals surface area contributed by atoms with Gasteiger partial charge < -0.3 is 9.52 Å². The predicted octanol–water partition coefficient (Wildman–Crippen LogP) is 2.54. The van der Waals surface area contributed by atoms with Crippen LogP contribution >= 0.6 is 0 Å². The summed E-state index contributed by atoms with van der Waals surface area (Å²) in [5.74, 6) is -0.0553. The van der Waals surface area contributed by atoms with Crippen LogP contribution in [0.5, 0.6) is 0 Å². The average Bonchev–Trinajstić information content (AvgIpc) is 3.17. The van der Waals surface area contributed by atoms with Crippen molar-refractivity contribution in [1.29, 1.82) is 0 Å². The Bertz CT molecular complexity index is 591. The SMILES string of the molecule is O=C(O)c1cc(CN(Cc2ccco2)C2CC2)ccn1. The molecule has 2 heterocycles. The molecular weight excluding hydrogens is 256 g/mol. The van der Waals surface area contributed by atoms with Crippen LogP contribution in [0.2, 0.25) is 0 Å². The van der Waals surface area contributed by atoms with Crippen LogP contribution in [0.1, 0.15) is 34.7 Å². The maximum absolute atomic E-state index is 11.0. The average molecular weight is 272 g/mol. The lowest BCUT2D eigenvalue weighted by Crippen LogP contribution is -2.25. The molecule has 0 aromatic carbocycles. The molecule has 5 nitrogen and oxygen atoms in total. The van der Waals surface area contributed by atoms with Gasteiger partial charge >= 0.3 is 5.97 Å². The van der Waals surface area contributed by atoms with E-state index in [0.29, 0.717) is 12.6 Å². The van der Waals surface area contributed by atoms with Crippen molar-refractivity contribution >= 4 is 5.97 Å². The Balaban J connectivity index is 1.73. The highest BCUT2D eigenvalue weighted by molar-refractivity contribution is 5.85. The summed E-state index contributed by atoms with van der Waals surface area (Å²) >= 11 is 0. The molecule has 104 valence electrons. The van der Waals surface area contributed by atoms with E-state index in [-0.39, 0.29) is 5.69 Å². The van der Waals surface area contributed by atoms with Crippen molar-refractivity contribution in [3.63, 3.8) is 0 Å². The molecule has 20 heavy (non-hydrogen) atoms. The first-order valence-electron chi connectivity index (χ1n) is 6.67. The molecule has 1 saturated carbocycles. The fourth-order valence-corrected chi connectivity index (χ4v) is 2.28. The van der Waals surface area contributed by atoms with E-state index in [1.54, 1.807) is 18.5 Å². The first-order valence-corrected chi connectivity index (χ1v) is 6.67. The van der Waals surface area contributed by atoms with Crippen LogP contribution in [0.15, 0.2) is 41.1 Å². The highest BCUT2D eigenvalue weighted by atomic mass is 16.4. The smallest absolute Gasteiger partial charge is 0.354 e. The number of pyridine rings is 1. The van der Waals surface area contributed by atoms with Crippen molar-refractivity contribution in [2.45, 2.75) is 32.0 Å². The number of carboxylic acids is 1. The number of rotatable bonds is 6. The highest BCUT2D eigenvalue weighted by Crippen LogP contribution is 2.29. The Hall–Kier alpha value is -2.14. The summed E-state index contributed by atoms with van der Waals surface area (Å²) in [6, 6.07) is 7.92. The second kappa shape index (κ2) is 5.46. The Morgan fingerprint density at radius 2 is 2.25 bits per heavy atom. The van der Waals surface area contributed by atoms with Crippen LogP contribution in [-0.2, 0) is 13.1 Å². The molecule has 5 heteroatoms. The minimum atomic E-state index is -0.990. The molecule has 1 aliphatic carbocycles. The minimum Gasteiger partial charge on any atom is -0.477 e. The summed E-state index contributed by atoms with van der Waals surface area (Å²) in [6.45, 7) is 1.47. The van der Waals surface area contributed by atoms with Crippen LogP contribution in [0, 0.1) is 0 Å². The molecule has 0 spiro atoms. The molecule has 2 aromatic heterocycles. The Morgan fingerprint density at radius 3 is 2.90 bits per heavy atom. The van der Waals surface area contributed by atoms with Gasteiger partial charge in [-0.3, -0.25) is 4.90 Å². The second-order valence-corrected chi connectivity index (χ2v) is 5.07. The predicted molar refractivity (Wildman–Crippen MR) is 72.2 cm³/mol. The van der Waals surface area contributed by atoms with Gasteiger partial charge in [-0.1, -0.05) is 0 Å². The van der Waals surface area contributed by atoms with E-state index in [9.17, 15) is 4.79 Å². The monoisotopic (exact) mass is 272 g/mol. The van der Waals surface area contributed by atoms with E-state index < -0.39 is 5.97 Å². The van der Waals surface area contributed by atoms with Crippen molar-refractivity contribution in [2.75, 3.05) is 0 Å². The third kappa shape index (κ3) is 3.05. The Labute approximate surface area is 116 Å². The molecule has 0 bridgehead atoms. The number of hydrogen-bond acceptors (Lipinski definition) is 4. The second-order valence-electron chi connectivity index (χ2n) is 5.07. The van der Waals surface area contributed by atoms with Crippen molar-refractivity contribution in [2.24, 2.45) is 0 Å². The standard InChI is InChI=1S/C15H16N2O3/c18-15(19)14-8-11(5-6-16-14)9-17(12-3-4-12)10-13-2-1-7-20-13/h1-2,5-8,12H,3-4,9-10H2,(H,18,19). The van der Waals surface area contributed by atoms with Crippen LogP contribution in [0.25, 0.3) is 0 Å². The van der Waals surface area contributed by atoms with Crippen LogP contribution in [0.3, 0.4) is 0 Å². The molecular formula is C15H16N2O3. The summed E-state index contributed by atoms with van der Waals surface area (Å²) in [7, 11) is 0. The van der Waals surface area contributed by atoms with Crippen molar-refractivity contribution in [3.05, 3.63) is 53.7 Å².